The Morgan fingerprint density at radius 2 is 1.39 bits per heavy atom. The Bertz CT molecular complexity index is 426. The number of thiocarbonyl (C=S) groups is 1. The summed E-state index contributed by atoms with van der Waals surface area (Å²) in [4.78, 5) is 13.4. The van der Waals surface area contributed by atoms with Crippen molar-refractivity contribution in [2.45, 2.75) is 81.3 Å². The van der Waals surface area contributed by atoms with Gasteiger partial charge in [0.2, 0.25) is 0 Å². The monoisotopic (exact) mass is 343 g/mol. The van der Waals surface area contributed by atoms with Gasteiger partial charge in [0.15, 0.2) is 0 Å². The van der Waals surface area contributed by atoms with Crippen LogP contribution in [-0.4, -0.2) is 29.5 Å². The molecule has 23 heavy (non-hydrogen) atoms. The van der Waals surface area contributed by atoms with E-state index in [4.69, 9.17) is 17.0 Å². The summed E-state index contributed by atoms with van der Waals surface area (Å²) in [6.07, 6.45) is 0.836. The van der Waals surface area contributed by atoms with Crippen molar-refractivity contribution in [3.63, 3.8) is 0 Å². The van der Waals surface area contributed by atoms with Gasteiger partial charge in [-0.3, -0.25) is 4.79 Å². The van der Waals surface area contributed by atoms with E-state index in [1.54, 1.807) is 0 Å². The van der Waals surface area contributed by atoms with Gasteiger partial charge in [0.1, 0.15) is 5.78 Å². The summed E-state index contributed by atoms with van der Waals surface area (Å²) in [6.45, 7) is 21.4. The lowest BCUT2D eigenvalue weighted by molar-refractivity contribution is -0.142. The van der Waals surface area contributed by atoms with Crippen molar-refractivity contribution in [3.05, 3.63) is 0 Å². The van der Waals surface area contributed by atoms with Crippen LogP contribution in [0.2, 0.25) is 0 Å². The molecule has 0 fully saturated rings. The zero-order chi connectivity index (χ0) is 18.7. The zero-order valence-electron chi connectivity index (χ0n) is 16.8. The first kappa shape index (κ1) is 22.5. The molecule has 0 rings (SSSR count). The second kappa shape index (κ2) is 7.60. The van der Waals surface area contributed by atoms with Gasteiger partial charge in [-0.05, 0) is 20.3 Å². The van der Waals surface area contributed by atoms with Crippen LogP contribution in [0.5, 0.6) is 0 Å². The van der Waals surface area contributed by atoms with Gasteiger partial charge in [-0.25, -0.2) is 0 Å². The van der Waals surface area contributed by atoms with Crippen molar-refractivity contribution in [1.82, 2.24) is 5.32 Å². The highest BCUT2D eigenvalue weighted by Gasteiger charge is 2.37. The first-order chi connectivity index (χ1) is 9.99. The van der Waals surface area contributed by atoms with E-state index in [1.165, 1.54) is 0 Å². The highest BCUT2D eigenvalue weighted by Crippen LogP contribution is 2.31. The van der Waals surface area contributed by atoms with E-state index in [0.29, 0.717) is 6.61 Å². The predicted molar refractivity (Wildman–Crippen MR) is 103 cm³/mol. The molecule has 0 amide bonds. The van der Waals surface area contributed by atoms with E-state index < -0.39 is 5.41 Å². The molecular weight excluding hydrogens is 306 g/mol. The molecule has 0 bridgehead atoms. The molecule has 0 radical (unpaired) electrons. The van der Waals surface area contributed by atoms with Gasteiger partial charge < -0.3 is 10.1 Å². The lowest BCUT2D eigenvalue weighted by atomic mass is 9.75. The summed E-state index contributed by atoms with van der Waals surface area (Å²) in [5, 5.41) is 3.31. The number of nitrogens with one attached hydrogen (secondary N) is 1. The molecule has 0 atom stereocenters. The van der Waals surface area contributed by atoms with Crippen LogP contribution < -0.4 is 5.32 Å². The summed E-state index contributed by atoms with van der Waals surface area (Å²) < 4.78 is 6.07. The third-order valence-corrected chi connectivity index (χ3v) is 4.57. The fraction of sp³-hybridized carbons (Fsp3) is 0.895. The fourth-order valence-corrected chi connectivity index (χ4v) is 2.37. The summed E-state index contributed by atoms with van der Waals surface area (Å²) in [7, 11) is 0. The van der Waals surface area contributed by atoms with Crippen LogP contribution >= 0.6 is 12.2 Å². The molecule has 0 aromatic carbocycles. The van der Waals surface area contributed by atoms with Gasteiger partial charge in [0.25, 0.3) is 0 Å². The predicted octanol–water partition coefficient (Wildman–Crippen LogP) is 4.78. The summed E-state index contributed by atoms with van der Waals surface area (Å²) in [5.74, 6) is 0.229. The number of hydrogen-bond donors (Lipinski definition) is 1. The molecular formula is C19H37NO2S. The number of carbonyl (C=O) groups is 1. The minimum absolute atomic E-state index is 0.0124. The molecule has 0 heterocycles. The summed E-state index contributed by atoms with van der Waals surface area (Å²) in [6, 6.07) is 0. The maximum absolute atomic E-state index is 12.5. The quantitative estimate of drug-likeness (QED) is 0.675. The van der Waals surface area contributed by atoms with Gasteiger partial charge in [0, 0.05) is 22.8 Å². The second-order valence-corrected chi connectivity index (χ2v) is 10.2. The Labute approximate surface area is 148 Å². The molecule has 0 aromatic rings. The van der Waals surface area contributed by atoms with E-state index in [9.17, 15) is 4.79 Å². The number of ether oxygens (including phenoxy) is 1. The van der Waals surface area contributed by atoms with Crippen LogP contribution in [0.1, 0.15) is 75.7 Å². The first-order valence-electron chi connectivity index (χ1n) is 8.46. The molecule has 0 aromatic heterocycles. The molecule has 0 unspecified atom stereocenters. The Morgan fingerprint density at radius 1 is 0.913 bits per heavy atom. The lowest BCUT2D eigenvalue weighted by Crippen LogP contribution is -2.42. The van der Waals surface area contributed by atoms with Gasteiger partial charge in [0.05, 0.1) is 17.2 Å². The third kappa shape index (κ3) is 8.25. The maximum Gasteiger partial charge on any atom is 0.146 e. The number of hydrogen-bond acceptors (Lipinski definition) is 3. The lowest BCUT2D eigenvalue weighted by Gasteiger charge is -2.35. The highest BCUT2D eigenvalue weighted by atomic mass is 32.1. The standard InChI is InChI=1S/C19H37NO2S/c1-16(2,3)14(21)18(7,8)13-22-19(9,10)11-12-20-15(23)17(4,5)6/h11-13H2,1-10H3,(H,20,23). The average molecular weight is 344 g/mol. The molecule has 0 aliphatic rings. The molecule has 0 saturated heterocycles. The number of rotatable bonds is 7. The second-order valence-electron chi connectivity index (χ2n) is 9.77. The Kier molecular flexibility index (Phi) is 7.45. The first-order valence-corrected chi connectivity index (χ1v) is 8.87. The fourth-order valence-electron chi connectivity index (χ4n) is 2.27. The van der Waals surface area contributed by atoms with Crippen LogP contribution in [-0.2, 0) is 9.53 Å². The van der Waals surface area contributed by atoms with Crippen LogP contribution in [0.4, 0.5) is 0 Å². The normalized spacial score (nSPS) is 13.8. The minimum atomic E-state index is -0.482. The van der Waals surface area contributed by atoms with Gasteiger partial charge in [-0.2, -0.15) is 0 Å². The van der Waals surface area contributed by atoms with Crippen LogP contribution in [0.3, 0.4) is 0 Å². The van der Waals surface area contributed by atoms with Crippen LogP contribution in [0, 0.1) is 16.2 Å². The minimum Gasteiger partial charge on any atom is -0.379 e. The van der Waals surface area contributed by atoms with E-state index in [1.807, 2.05) is 34.6 Å². The van der Waals surface area contributed by atoms with E-state index >= 15 is 0 Å². The largest absolute Gasteiger partial charge is 0.379 e. The van der Waals surface area contributed by atoms with E-state index in [2.05, 4.69) is 39.9 Å². The van der Waals surface area contributed by atoms with Gasteiger partial charge in [-0.15, -0.1) is 0 Å². The Balaban J connectivity index is 4.48. The summed E-state index contributed by atoms with van der Waals surface area (Å²) in [5.41, 5.74) is -1.14. The Morgan fingerprint density at radius 3 is 1.78 bits per heavy atom. The number of ketones is 1. The smallest absolute Gasteiger partial charge is 0.146 e. The van der Waals surface area contributed by atoms with Crippen molar-refractivity contribution < 1.29 is 9.53 Å². The average Bonchev–Trinajstić information content (AvgIpc) is 2.33. The molecule has 0 aliphatic heterocycles. The molecule has 3 nitrogen and oxygen atoms in total. The summed E-state index contributed by atoms with van der Waals surface area (Å²) >= 11 is 5.38. The van der Waals surface area contributed by atoms with Crippen LogP contribution in [0.25, 0.3) is 0 Å². The van der Waals surface area contributed by atoms with Crippen molar-refractivity contribution in [2.24, 2.45) is 16.2 Å². The topological polar surface area (TPSA) is 38.3 Å². The zero-order valence-corrected chi connectivity index (χ0v) is 17.7. The molecule has 0 saturated carbocycles. The van der Waals surface area contributed by atoms with Crippen molar-refractivity contribution in [2.75, 3.05) is 13.2 Å². The van der Waals surface area contributed by atoms with Crippen molar-refractivity contribution >= 4 is 23.0 Å². The number of Topliss-reactive ketones (excluding diaryl/α,β-unsaturated/α-hetero) is 1. The molecule has 1 N–H and O–H groups in total. The molecule has 4 heteroatoms. The van der Waals surface area contributed by atoms with Crippen molar-refractivity contribution in [3.8, 4) is 0 Å². The van der Waals surface area contributed by atoms with Gasteiger partial charge in [-0.1, -0.05) is 67.6 Å². The van der Waals surface area contributed by atoms with Gasteiger partial charge >= 0.3 is 0 Å². The molecule has 0 aliphatic carbocycles. The Hall–Kier alpha value is -0.480. The highest BCUT2D eigenvalue weighted by molar-refractivity contribution is 7.80. The maximum atomic E-state index is 12.5. The third-order valence-electron chi connectivity index (χ3n) is 3.81. The van der Waals surface area contributed by atoms with Crippen LogP contribution in [0.15, 0.2) is 0 Å². The number of carbonyl (C=O) groups excluding carboxylic acids is 1. The molecule has 136 valence electrons. The molecule has 0 spiro atoms. The van der Waals surface area contributed by atoms with E-state index in [0.717, 1.165) is 18.0 Å². The van der Waals surface area contributed by atoms with E-state index in [-0.39, 0.29) is 22.2 Å². The van der Waals surface area contributed by atoms with Crippen molar-refractivity contribution in [1.29, 1.82) is 0 Å². The SMILES string of the molecule is CC(C)(CCNC(=S)C(C)(C)C)OCC(C)(C)C(=O)C(C)(C)C.